The number of para-hydroxylation sites is 1. The number of piperidine rings is 4. The molecule has 5 aliphatic heterocycles. The number of anilines is 1. The third kappa shape index (κ3) is 1.20. The Balaban J connectivity index is 1.60. The topological polar surface area (TPSA) is 46.9 Å². The molecule has 1 aromatic carbocycles. The first-order chi connectivity index (χ1) is 11.6. The van der Waals surface area contributed by atoms with Crippen LogP contribution in [0.25, 0.3) is 0 Å². The minimum Gasteiger partial charge on any atom is -0.392 e. The van der Waals surface area contributed by atoms with Crippen LogP contribution in [0, 0.1) is 17.8 Å². The Labute approximate surface area is 143 Å². The predicted molar refractivity (Wildman–Crippen MR) is 91.7 cm³/mol. The highest BCUT2D eigenvalue weighted by Crippen LogP contribution is 2.68. The highest BCUT2D eigenvalue weighted by atomic mass is 16.3. The molecule has 5 bridgehead atoms. The molecule has 4 saturated heterocycles. The second kappa shape index (κ2) is 4.17. The van der Waals surface area contributed by atoms with Crippen molar-refractivity contribution in [2.24, 2.45) is 17.8 Å². The molecule has 4 heteroatoms. The van der Waals surface area contributed by atoms with Gasteiger partial charge in [-0.1, -0.05) is 25.1 Å². The molecular formula is C20H26N2O2. The molecule has 1 aliphatic carbocycles. The lowest BCUT2D eigenvalue weighted by atomic mass is 9.62. The maximum absolute atomic E-state index is 11.6. The summed E-state index contributed by atoms with van der Waals surface area (Å²) in [5, 5.41) is 22.6. The number of hydrogen-bond donors (Lipinski definition) is 2. The molecule has 24 heavy (non-hydrogen) atoms. The van der Waals surface area contributed by atoms with Gasteiger partial charge in [0.1, 0.15) is 6.23 Å². The summed E-state index contributed by atoms with van der Waals surface area (Å²) in [6, 6.07) is 9.70. The fraction of sp³-hybridized carbons (Fsp3) is 0.700. The van der Waals surface area contributed by atoms with Crippen molar-refractivity contribution in [3.63, 3.8) is 0 Å². The Morgan fingerprint density at radius 2 is 2.00 bits per heavy atom. The van der Waals surface area contributed by atoms with Gasteiger partial charge in [-0.15, -0.1) is 0 Å². The second-order valence-corrected chi connectivity index (χ2v) is 8.81. The molecule has 0 radical (unpaired) electrons. The van der Waals surface area contributed by atoms with Crippen molar-refractivity contribution in [2.75, 3.05) is 11.9 Å². The average Bonchev–Trinajstić information content (AvgIpc) is 2.97. The third-order valence-corrected chi connectivity index (χ3v) is 8.46. The lowest BCUT2D eigenvalue weighted by Gasteiger charge is -2.62. The van der Waals surface area contributed by atoms with Gasteiger partial charge in [0.05, 0.1) is 12.1 Å². The van der Waals surface area contributed by atoms with Crippen LogP contribution in [0.3, 0.4) is 0 Å². The first kappa shape index (κ1) is 14.1. The van der Waals surface area contributed by atoms with E-state index in [1.54, 1.807) is 0 Å². The van der Waals surface area contributed by atoms with Gasteiger partial charge < -0.3 is 15.1 Å². The van der Waals surface area contributed by atoms with Gasteiger partial charge >= 0.3 is 0 Å². The van der Waals surface area contributed by atoms with E-state index in [0.29, 0.717) is 35.9 Å². The Bertz CT molecular complexity index is 723. The van der Waals surface area contributed by atoms with Crippen LogP contribution in [0.2, 0.25) is 0 Å². The van der Waals surface area contributed by atoms with Crippen molar-refractivity contribution in [2.45, 2.75) is 62.1 Å². The number of benzene rings is 1. The van der Waals surface area contributed by atoms with Crippen LogP contribution in [0.15, 0.2) is 24.3 Å². The molecule has 0 amide bonds. The van der Waals surface area contributed by atoms with Crippen LogP contribution in [-0.4, -0.2) is 52.6 Å². The van der Waals surface area contributed by atoms with Crippen molar-refractivity contribution >= 4 is 5.69 Å². The second-order valence-electron chi connectivity index (χ2n) is 8.81. The fourth-order valence-electron chi connectivity index (χ4n) is 7.88. The Kier molecular flexibility index (Phi) is 2.45. The van der Waals surface area contributed by atoms with Crippen molar-refractivity contribution in [1.29, 1.82) is 0 Å². The molecule has 128 valence electrons. The zero-order valence-electron chi connectivity index (χ0n) is 14.3. The first-order valence-electron chi connectivity index (χ1n) is 9.57. The lowest BCUT2D eigenvalue weighted by molar-refractivity contribution is -0.211. The summed E-state index contributed by atoms with van der Waals surface area (Å²) in [6.07, 6.45) is 2.56. The number of fused-ring (bicyclic) bond motifs is 2. The lowest BCUT2D eigenvalue weighted by Crippen LogP contribution is -2.72. The molecular weight excluding hydrogens is 300 g/mol. The Hall–Kier alpha value is -1.10. The van der Waals surface area contributed by atoms with E-state index in [9.17, 15) is 10.2 Å². The number of hydrogen-bond acceptors (Lipinski definition) is 4. The van der Waals surface area contributed by atoms with Crippen LogP contribution >= 0.6 is 0 Å². The molecule has 10 atom stereocenters. The molecule has 0 aromatic heterocycles. The standard InChI is InChI=1S/C20H26N2O2/c1-3-10-11-8-14-17-20(12-6-4-5-7-13(12)21(17)2)9-15(16(11)18(20)23)22(14)19(10)24/h4-7,10-11,14-19,23-24H,3,8-9H2,1-2H3/t10-,11+,14-,15-,16+,17-,18+,19+,20+/m0/s1. The van der Waals surface area contributed by atoms with Crippen molar-refractivity contribution in [3.05, 3.63) is 29.8 Å². The van der Waals surface area contributed by atoms with Crippen molar-refractivity contribution < 1.29 is 10.2 Å². The number of nitrogens with zero attached hydrogens (tertiary/aromatic N) is 2. The number of aliphatic hydroxyl groups excluding tert-OH is 2. The van der Waals surface area contributed by atoms with Gasteiger partial charge in [-0.25, -0.2) is 0 Å². The van der Waals surface area contributed by atoms with E-state index in [-0.39, 0.29) is 17.7 Å². The molecule has 1 saturated carbocycles. The van der Waals surface area contributed by atoms with Gasteiger partial charge in [-0.2, -0.15) is 0 Å². The monoisotopic (exact) mass is 326 g/mol. The number of likely N-dealkylation sites (N-methyl/N-ethyl adjacent to an activating group) is 1. The summed E-state index contributed by atoms with van der Waals surface area (Å²) in [4.78, 5) is 4.83. The first-order valence-corrected chi connectivity index (χ1v) is 9.57. The predicted octanol–water partition coefficient (Wildman–Crippen LogP) is 1.55. The van der Waals surface area contributed by atoms with Crippen molar-refractivity contribution in [3.8, 4) is 0 Å². The van der Waals surface area contributed by atoms with Crippen LogP contribution < -0.4 is 4.90 Å². The number of aliphatic hydroxyl groups is 2. The zero-order chi connectivity index (χ0) is 16.4. The van der Waals surface area contributed by atoms with E-state index in [1.807, 2.05) is 0 Å². The minimum absolute atomic E-state index is 0.126. The molecule has 7 rings (SSSR count). The zero-order valence-corrected chi connectivity index (χ0v) is 14.3. The van der Waals surface area contributed by atoms with Gasteiger partial charge in [0.15, 0.2) is 0 Å². The van der Waals surface area contributed by atoms with Gasteiger partial charge in [0, 0.05) is 42.1 Å². The van der Waals surface area contributed by atoms with E-state index in [4.69, 9.17) is 0 Å². The van der Waals surface area contributed by atoms with E-state index < -0.39 is 0 Å². The average molecular weight is 326 g/mol. The summed E-state index contributed by atoms with van der Waals surface area (Å²) in [7, 11) is 2.19. The quantitative estimate of drug-likeness (QED) is 0.822. The summed E-state index contributed by atoms with van der Waals surface area (Å²) in [6.45, 7) is 2.19. The Morgan fingerprint density at radius 1 is 1.21 bits per heavy atom. The van der Waals surface area contributed by atoms with Gasteiger partial charge in [-0.3, -0.25) is 4.90 Å². The highest BCUT2D eigenvalue weighted by Gasteiger charge is 2.76. The molecule has 4 nitrogen and oxygen atoms in total. The molecule has 5 heterocycles. The largest absolute Gasteiger partial charge is 0.392 e. The Morgan fingerprint density at radius 3 is 2.79 bits per heavy atom. The normalized spacial score (nSPS) is 55.8. The van der Waals surface area contributed by atoms with E-state index in [1.165, 1.54) is 11.3 Å². The molecule has 1 unspecified atom stereocenters. The summed E-state index contributed by atoms with van der Waals surface area (Å²) in [5.74, 6) is 1.14. The van der Waals surface area contributed by atoms with E-state index >= 15 is 0 Å². The number of rotatable bonds is 1. The molecule has 1 aromatic rings. The maximum Gasteiger partial charge on any atom is 0.111 e. The molecule has 5 fully saturated rings. The maximum atomic E-state index is 11.6. The van der Waals surface area contributed by atoms with Crippen LogP contribution in [-0.2, 0) is 5.41 Å². The molecule has 2 N–H and O–H groups in total. The smallest absolute Gasteiger partial charge is 0.111 e. The highest BCUT2D eigenvalue weighted by molar-refractivity contribution is 5.67. The fourth-order valence-corrected chi connectivity index (χ4v) is 7.88. The SMILES string of the molecule is CC[C@H]1[C@H]2C[C@H]3[C@@H]4N(C)c5ccccc5[C@]45C[C@@H]([C@@H]2[C@H]5O)N3[C@@H]1O. The van der Waals surface area contributed by atoms with Gasteiger partial charge in [0.25, 0.3) is 0 Å². The van der Waals surface area contributed by atoms with Crippen LogP contribution in [0.5, 0.6) is 0 Å². The summed E-state index contributed by atoms with van der Waals surface area (Å²) < 4.78 is 0. The van der Waals surface area contributed by atoms with Gasteiger partial charge in [0.2, 0.25) is 0 Å². The van der Waals surface area contributed by atoms with Crippen LogP contribution in [0.4, 0.5) is 5.69 Å². The minimum atomic E-state index is -0.319. The van der Waals surface area contributed by atoms with Gasteiger partial charge in [-0.05, 0) is 36.8 Å². The third-order valence-electron chi connectivity index (χ3n) is 8.46. The van der Waals surface area contributed by atoms with E-state index in [2.05, 4.69) is 48.0 Å². The van der Waals surface area contributed by atoms with Crippen LogP contribution in [0.1, 0.15) is 31.7 Å². The summed E-state index contributed by atoms with van der Waals surface area (Å²) >= 11 is 0. The molecule has 6 aliphatic rings. The summed E-state index contributed by atoms with van der Waals surface area (Å²) in [5.41, 5.74) is 2.51. The molecule has 1 spiro atoms. The van der Waals surface area contributed by atoms with E-state index in [0.717, 1.165) is 19.3 Å². The van der Waals surface area contributed by atoms with Crippen molar-refractivity contribution in [1.82, 2.24) is 4.90 Å².